The monoisotopic (exact) mass is 440 g/mol. The van der Waals surface area contributed by atoms with E-state index < -0.39 is 28.5 Å². The first-order valence-electron chi connectivity index (χ1n) is 9.17. The summed E-state index contributed by atoms with van der Waals surface area (Å²) in [7, 11) is -2.32. The van der Waals surface area contributed by atoms with Crippen LogP contribution in [-0.2, 0) is 19.6 Å². The minimum absolute atomic E-state index is 0.0122. The zero-order valence-electron chi connectivity index (χ0n) is 16.6. The Kier molecular flexibility index (Phi) is 6.88. The molecule has 3 aromatic carbocycles. The van der Waals surface area contributed by atoms with Crippen molar-refractivity contribution in [2.75, 3.05) is 23.8 Å². The summed E-state index contributed by atoms with van der Waals surface area (Å²) in [5, 5.41) is 2.59. The molecule has 0 saturated carbocycles. The van der Waals surface area contributed by atoms with E-state index in [0.29, 0.717) is 17.1 Å². The molecule has 9 heteroatoms. The van der Waals surface area contributed by atoms with E-state index in [-0.39, 0.29) is 10.5 Å². The van der Waals surface area contributed by atoms with Crippen molar-refractivity contribution in [3.05, 3.63) is 84.4 Å². The Bertz CT molecular complexity index is 1160. The van der Waals surface area contributed by atoms with Gasteiger partial charge in [-0.25, -0.2) is 13.2 Å². The van der Waals surface area contributed by atoms with Crippen molar-refractivity contribution in [3.63, 3.8) is 0 Å². The molecule has 31 heavy (non-hydrogen) atoms. The van der Waals surface area contributed by atoms with Gasteiger partial charge in [0.1, 0.15) is 5.75 Å². The summed E-state index contributed by atoms with van der Waals surface area (Å²) < 4.78 is 37.5. The highest BCUT2D eigenvalue weighted by Crippen LogP contribution is 2.23. The maximum atomic E-state index is 12.4. The van der Waals surface area contributed by atoms with Gasteiger partial charge in [-0.3, -0.25) is 9.52 Å². The number of methoxy groups -OCH3 is 1. The van der Waals surface area contributed by atoms with Gasteiger partial charge in [-0.1, -0.05) is 30.3 Å². The van der Waals surface area contributed by atoms with E-state index in [4.69, 9.17) is 9.47 Å². The molecular weight excluding hydrogens is 420 g/mol. The molecule has 0 saturated heterocycles. The summed E-state index contributed by atoms with van der Waals surface area (Å²) in [6, 6.07) is 20.5. The summed E-state index contributed by atoms with van der Waals surface area (Å²) in [6.07, 6.45) is 0. The van der Waals surface area contributed by atoms with Crippen LogP contribution < -0.4 is 14.8 Å². The smallest absolute Gasteiger partial charge is 0.338 e. The Labute approximate surface area is 179 Å². The van der Waals surface area contributed by atoms with Crippen LogP contribution in [0.3, 0.4) is 0 Å². The summed E-state index contributed by atoms with van der Waals surface area (Å²) in [4.78, 5) is 24.2. The van der Waals surface area contributed by atoms with Crippen molar-refractivity contribution in [1.82, 2.24) is 0 Å². The normalized spacial score (nSPS) is 10.7. The van der Waals surface area contributed by atoms with E-state index in [2.05, 4.69) is 10.0 Å². The van der Waals surface area contributed by atoms with Gasteiger partial charge >= 0.3 is 5.97 Å². The number of para-hydroxylation sites is 3. The Morgan fingerprint density at radius 2 is 1.52 bits per heavy atom. The number of ether oxygens (including phenoxy) is 2. The number of sulfonamides is 1. The molecule has 0 atom stereocenters. The predicted octanol–water partition coefficient (Wildman–Crippen LogP) is 3.29. The molecule has 0 aliphatic carbocycles. The number of hydrogen-bond donors (Lipinski definition) is 2. The number of carbonyl (C=O) groups is 2. The molecule has 0 aromatic heterocycles. The molecule has 0 radical (unpaired) electrons. The van der Waals surface area contributed by atoms with Crippen molar-refractivity contribution in [2.24, 2.45) is 0 Å². The maximum Gasteiger partial charge on any atom is 0.338 e. The molecule has 3 aromatic rings. The molecular formula is C22H20N2O6S. The van der Waals surface area contributed by atoms with Crippen molar-refractivity contribution >= 4 is 33.3 Å². The largest absolute Gasteiger partial charge is 0.495 e. The standard InChI is InChI=1S/C22H20N2O6S/c1-29-20-10-6-5-9-19(20)23-21(25)15-30-22(26)16-11-13-18(14-12-16)31(27,28)24-17-7-3-2-4-8-17/h2-14,24H,15H2,1H3,(H,23,25). The van der Waals surface area contributed by atoms with E-state index in [9.17, 15) is 18.0 Å². The summed E-state index contributed by atoms with van der Waals surface area (Å²) >= 11 is 0. The summed E-state index contributed by atoms with van der Waals surface area (Å²) in [5.74, 6) is -0.817. The second-order valence-electron chi connectivity index (χ2n) is 6.32. The SMILES string of the molecule is COc1ccccc1NC(=O)COC(=O)c1ccc(S(=O)(=O)Nc2ccccc2)cc1. The molecule has 2 N–H and O–H groups in total. The third-order valence-corrected chi connectivity index (χ3v) is 5.54. The molecule has 160 valence electrons. The van der Waals surface area contributed by atoms with Crippen molar-refractivity contribution < 1.29 is 27.5 Å². The minimum Gasteiger partial charge on any atom is -0.495 e. The second-order valence-corrected chi connectivity index (χ2v) is 8.00. The number of amides is 1. The van der Waals surface area contributed by atoms with Gasteiger partial charge in [-0.2, -0.15) is 0 Å². The third kappa shape index (κ3) is 5.83. The van der Waals surface area contributed by atoms with Crippen LogP contribution in [0, 0.1) is 0 Å². The molecule has 3 rings (SSSR count). The first-order chi connectivity index (χ1) is 14.9. The number of benzene rings is 3. The number of nitrogens with one attached hydrogen (secondary N) is 2. The third-order valence-electron chi connectivity index (χ3n) is 4.14. The molecule has 0 heterocycles. The van der Waals surface area contributed by atoms with Crippen molar-refractivity contribution in [3.8, 4) is 5.75 Å². The molecule has 0 fully saturated rings. The molecule has 0 bridgehead atoms. The summed E-state index contributed by atoms with van der Waals surface area (Å²) in [5.41, 5.74) is 0.988. The topological polar surface area (TPSA) is 111 Å². The maximum absolute atomic E-state index is 12.4. The van der Waals surface area contributed by atoms with Gasteiger partial charge in [0.15, 0.2) is 6.61 Å². The van der Waals surface area contributed by atoms with Crippen LogP contribution in [0.1, 0.15) is 10.4 Å². The van der Waals surface area contributed by atoms with Gasteiger partial charge in [0.25, 0.3) is 15.9 Å². The molecule has 0 unspecified atom stereocenters. The molecule has 8 nitrogen and oxygen atoms in total. The Morgan fingerprint density at radius 1 is 0.871 bits per heavy atom. The Hall–Kier alpha value is -3.85. The van der Waals surface area contributed by atoms with Gasteiger partial charge in [0.05, 0.1) is 23.3 Å². The van der Waals surface area contributed by atoms with Crippen molar-refractivity contribution in [2.45, 2.75) is 4.90 Å². The Morgan fingerprint density at radius 3 is 2.19 bits per heavy atom. The average molecular weight is 440 g/mol. The highest BCUT2D eigenvalue weighted by Gasteiger charge is 2.16. The molecule has 1 amide bonds. The van der Waals surface area contributed by atoms with Crippen LogP contribution >= 0.6 is 0 Å². The molecule has 0 spiro atoms. The van der Waals surface area contributed by atoms with E-state index in [1.54, 1.807) is 54.6 Å². The van der Waals surface area contributed by atoms with Crippen LogP contribution in [0.5, 0.6) is 5.75 Å². The Balaban J connectivity index is 1.58. The summed E-state index contributed by atoms with van der Waals surface area (Å²) in [6.45, 7) is -0.507. The first kappa shape index (κ1) is 21.8. The van der Waals surface area contributed by atoms with Gasteiger partial charge < -0.3 is 14.8 Å². The average Bonchev–Trinajstić information content (AvgIpc) is 2.78. The van der Waals surface area contributed by atoms with Gasteiger partial charge in [-0.15, -0.1) is 0 Å². The van der Waals surface area contributed by atoms with E-state index in [1.165, 1.54) is 31.4 Å². The minimum atomic E-state index is -3.80. The fraction of sp³-hybridized carbons (Fsp3) is 0.0909. The first-order valence-corrected chi connectivity index (χ1v) is 10.7. The van der Waals surface area contributed by atoms with Gasteiger partial charge in [0.2, 0.25) is 0 Å². The van der Waals surface area contributed by atoms with E-state index >= 15 is 0 Å². The number of hydrogen-bond acceptors (Lipinski definition) is 6. The number of rotatable bonds is 8. The van der Waals surface area contributed by atoms with Crippen LogP contribution in [0.4, 0.5) is 11.4 Å². The predicted molar refractivity (Wildman–Crippen MR) is 116 cm³/mol. The number of carbonyl (C=O) groups excluding carboxylic acids is 2. The fourth-order valence-corrected chi connectivity index (χ4v) is 3.70. The number of esters is 1. The fourth-order valence-electron chi connectivity index (χ4n) is 2.64. The lowest BCUT2D eigenvalue weighted by atomic mass is 10.2. The van der Waals surface area contributed by atoms with Gasteiger partial charge in [0, 0.05) is 5.69 Å². The van der Waals surface area contributed by atoms with Crippen LogP contribution in [0.25, 0.3) is 0 Å². The van der Waals surface area contributed by atoms with Crippen molar-refractivity contribution in [1.29, 1.82) is 0 Å². The number of anilines is 2. The quantitative estimate of drug-likeness (QED) is 0.520. The lowest BCUT2D eigenvalue weighted by Gasteiger charge is -2.10. The highest BCUT2D eigenvalue weighted by atomic mass is 32.2. The van der Waals surface area contributed by atoms with E-state index in [1.807, 2.05) is 0 Å². The van der Waals surface area contributed by atoms with E-state index in [0.717, 1.165) is 0 Å². The lowest BCUT2D eigenvalue weighted by molar-refractivity contribution is -0.119. The zero-order valence-corrected chi connectivity index (χ0v) is 17.4. The zero-order chi connectivity index (χ0) is 22.3. The van der Waals surface area contributed by atoms with Crippen LogP contribution in [0.15, 0.2) is 83.8 Å². The highest BCUT2D eigenvalue weighted by molar-refractivity contribution is 7.92. The second kappa shape index (κ2) is 9.77. The van der Waals surface area contributed by atoms with Gasteiger partial charge in [-0.05, 0) is 48.5 Å². The molecule has 0 aliphatic heterocycles. The van der Waals surface area contributed by atoms with Crippen LogP contribution in [-0.4, -0.2) is 34.0 Å². The molecule has 0 aliphatic rings. The van der Waals surface area contributed by atoms with Crippen LogP contribution in [0.2, 0.25) is 0 Å². The lowest BCUT2D eigenvalue weighted by Crippen LogP contribution is -2.21.